The van der Waals surface area contributed by atoms with Gasteiger partial charge in [0.2, 0.25) is 0 Å². The second-order valence-electron chi connectivity index (χ2n) is 19.1. The van der Waals surface area contributed by atoms with Gasteiger partial charge in [-0.25, -0.2) is 0 Å². The van der Waals surface area contributed by atoms with Crippen molar-refractivity contribution in [2.75, 3.05) is 7.05 Å². The van der Waals surface area contributed by atoms with Crippen LogP contribution in [0.15, 0.2) is 97.1 Å². The van der Waals surface area contributed by atoms with Gasteiger partial charge in [0, 0.05) is 125 Å². The van der Waals surface area contributed by atoms with Crippen LogP contribution in [-0.4, -0.2) is 59.2 Å². The first-order valence-electron chi connectivity index (χ1n) is 23.3. The van der Waals surface area contributed by atoms with Crippen molar-refractivity contribution >= 4 is 156 Å². The third-order valence-corrected chi connectivity index (χ3v) is 18.1. The number of benzene rings is 10. The van der Waals surface area contributed by atoms with E-state index in [0.717, 1.165) is 24.4 Å². The summed E-state index contributed by atoms with van der Waals surface area (Å²) in [4.78, 5) is 113. The third-order valence-electron chi connectivity index (χ3n) is 15.7. The summed E-state index contributed by atoms with van der Waals surface area (Å²) in [6.45, 7) is 0. The topological polar surface area (TPSA) is 223 Å². The van der Waals surface area contributed by atoms with Crippen LogP contribution in [0, 0.1) is 22.7 Å². The first-order valence-corrected chi connectivity index (χ1v) is 24.9. The van der Waals surface area contributed by atoms with Crippen molar-refractivity contribution in [3.05, 3.63) is 153 Å². The van der Waals surface area contributed by atoms with Gasteiger partial charge in [0.25, 0.3) is 47.3 Å². The Morgan fingerprint density at radius 3 is 1.08 bits per heavy atom. The Hall–Kier alpha value is -10.3. The molecule has 12 aromatic rings. The summed E-state index contributed by atoms with van der Waals surface area (Å²) in [6, 6.07) is 32.6. The van der Waals surface area contributed by atoms with E-state index < -0.39 is 47.3 Å². The van der Waals surface area contributed by atoms with Gasteiger partial charge in [-0.15, -0.1) is 22.7 Å². The van der Waals surface area contributed by atoms with Gasteiger partial charge in [-0.05, 0) is 116 Å². The zero-order chi connectivity index (χ0) is 50.9. The Bertz CT molecular complexity index is 5150. The molecular weight excluding hydrogens is 985 g/mol. The Morgan fingerprint density at radius 2 is 0.653 bits per heavy atom. The molecule has 4 aliphatic rings. The molecule has 0 atom stereocenters. The maximum absolute atomic E-state index is 14.2. The fourth-order valence-electron chi connectivity index (χ4n) is 12.6. The molecule has 0 bridgehead atoms. The molecule has 2 aromatic heterocycles. The summed E-state index contributed by atoms with van der Waals surface area (Å²) in [6.07, 6.45) is 0. The highest BCUT2D eigenvalue weighted by Crippen LogP contribution is 2.54. The molecule has 6 heterocycles. The molecule has 8 amide bonds. The van der Waals surface area contributed by atoms with E-state index in [1.54, 1.807) is 60.7 Å². The van der Waals surface area contributed by atoms with Crippen LogP contribution >= 0.6 is 22.7 Å². The Balaban J connectivity index is 0.955. The molecular formula is C59H22N6O8S2. The van der Waals surface area contributed by atoms with Crippen LogP contribution in [-0.2, 0) is 0 Å². The highest BCUT2D eigenvalue weighted by atomic mass is 32.1. The van der Waals surface area contributed by atoms with Crippen molar-refractivity contribution < 1.29 is 38.4 Å². The van der Waals surface area contributed by atoms with Gasteiger partial charge in [-0.2, -0.15) is 10.5 Å². The number of carbonyl (C=O) groups excluding carboxylic acids is 8. The predicted octanol–water partition coefficient (Wildman–Crippen LogP) is 10.5. The molecule has 16 rings (SSSR count). The SMILES string of the molecule is CN1C(=O)c2ccc3c4c(C#N)cc5c6c(ccc(c7c(-c8ccc(-c9ccc(-c%10cc%11c%12c(ccc%13c%14c(C#N)cc%15c%16c(ccc(c%10c%12%13)c%16%14)C(=O)NC%15=O)C(=O)NC%11=O)s9)s8)cc(c2c37)C1=O)c64)C(=O)NC5=O. The van der Waals surface area contributed by atoms with Gasteiger partial charge in [0.15, 0.2) is 0 Å². The molecule has 0 aliphatic carbocycles. The maximum Gasteiger partial charge on any atom is 0.261 e. The molecule has 348 valence electrons. The normalized spacial score (nSPS) is 14.9. The highest BCUT2D eigenvalue weighted by Gasteiger charge is 2.37. The second kappa shape index (κ2) is 13.6. The predicted molar refractivity (Wildman–Crippen MR) is 282 cm³/mol. The average molecular weight is 1010 g/mol. The lowest BCUT2D eigenvalue weighted by molar-refractivity contribution is 0.0647. The summed E-state index contributed by atoms with van der Waals surface area (Å²) >= 11 is 2.91. The smallest absolute Gasteiger partial charge is 0.261 e. The molecule has 16 heteroatoms. The summed E-state index contributed by atoms with van der Waals surface area (Å²) < 4.78 is 0. The van der Waals surface area contributed by atoms with Crippen molar-refractivity contribution in [1.29, 1.82) is 10.5 Å². The number of imide groups is 4. The number of nitrogens with zero attached hydrogens (tertiary/aromatic N) is 3. The van der Waals surface area contributed by atoms with Crippen LogP contribution in [0.1, 0.15) is 94.0 Å². The van der Waals surface area contributed by atoms with E-state index in [4.69, 9.17) is 0 Å². The first kappa shape index (κ1) is 41.4. The van der Waals surface area contributed by atoms with Crippen molar-refractivity contribution in [1.82, 2.24) is 20.9 Å². The number of nitrogens with one attached hydrogen (secondary N) is 3. The number of nitriles is 2. The van der Waals surface area contributed by atoms with Crippen molar-refractivity contribution in [2.24, 2.45) is 0 Å². The molecule has 0 unspecified atom stereocenters. The maximum atomic E-state index is 14.2. The monoisotopic (exact) mass is 1010 g/mol. The largest absolute Gasteiger partial charge is 0.288 e. The van der Waals surface area contributed by atoms with Crippen LogP contribution in [0.3, 0.4) is 0 Å². The number of rotatable bonds is 3. The van der Waals surface area contributed by atoms with E-state index in [-0.39, 0.29) is 44.5 Å². The summed E-state index contributed by atoms with van der Waals surface area (Å²) in [5.74, 6) is -4.50. The van der Waals surface area contributed by atoms with Crippen LogP contribution in [0.2, 0.25) is 0 Å². The number of amides is 8. The zero-order valence-electron chi connectivity index (χ0n) is 38.2. The molecule has 3 N–H and O–H groups in total. The van der Waals surface area contributed by atoms with Gasteiger partial charge in [-0.1, -0.05) is 24.3 Å². The Morgan fingerprint density at radius 1 is 0.333 bits per heavy atom. The highest BCUT2D eigenvalue weighted by molar-refractivity contribution is 7.25. The van der Waals surface area contributed by atoms with Gasteiger partial charge < -0.3 is 0 Å². The minimum absolute atomic E-state index is 0.184. The van der Waals surface area contributed by atoms with E-state index in [9.17, 15) is 48.9 Å². The second-order valence-corrected chi connectivity index (χ2v) is 21.3. The quantitative estimate of drug-likeness (QED) is 0.0862. The Kier molecular flexibility index (Phi) is 7.51. The Labute approximate surface area is 426 Å². The number of carbonyl (C=O) groups is 8. The fourth-order valence-corrected chi connectivity index (χ4v) is 14.8. The molecule has 0 radical (unpaired) electrons. The van der Waals surface area contributed by atoms with E-state index in [1.165, 1.54) is 41.9 Å². The fraction of sp³-hybridized carbons (Fsp3) is 0.0169. The summed E-state index contributed by atoms with van der Waals surface area (Å²) in [5.41, 5.74) is 3.78. The van der Waals surface area contributed by atoms with E-state index >= 15 is 0 Å². The molecule has 4 aliphatic heterocycles. The van der Waals surface area contributed by atoms with Crippen LogP contribution in [0.5, 0.6) is 0 Å². The minimum atomic E-state index is -0.625. The zero-order valence-corrected chi connectivity index (χ0v) is 39.8. The standard InChI is InChI=1S/C59H22N6O8S2/c1-65-58(72)29-9-5-23-41-21(19-61)15-33-45-27(53(67)63-56(33)70)8-4-25(49(41)45)43-31(17-35(59(65)73)47(29)51(23)43)37-11-13-39(75-37)38-12-10-36(74-38)30-16-34-46-28(54(68)64-57(34)71)6-2-22-40-20(18-60)14-32-44-26(52(66)62-55(32)69)7-3-24(48(40)44)42(30)50(22)46/h2-17H,1H3,(H,62,66,69)(H,63,67,70)(H,64,68,71). The van der Waals surface area contributed by atoms with Gasteiger partial charge in [0.1, 0.15) is 0 Å². The summed E-state index contributed by atoms with van der Waals surface area (Å²) in [5, 5.41) is 37.2. The lowest BCUT2D eigenvalue weighted by Crippen LogP contribution is -2.37. The van der Waals surface area contributed by atoms with Crippen molar-refractivity contribution in [3.8, 4) is 42.8 Å². The van der Waals surface area contributed by atoms with E-state index in [2.05, 4.69) is 28.1 Å². The first-order chi connectivity index (χ1) is 36.3. The number of hydrogen-bond donors (Lipinski definition) is 3. The van der Waals surface area contributed by atoms with Gasteiger partial charge >= 0.3 is 0 Å². The lowest BCUT2D eigenvalue weighted by Gasteiger charge is -2.28. The van der Waals surface area contributed by atoms with E-state index in [1.807, 2.05) is 24.3 Å². The van der Waals surface area contributed by atoms with Crippen LogP contribution < -0.4 is 16.0 Å². The molecule has 75 heavy (non-hydrogen) atoms. The number of thiophene rings is 2. The summed E-state index contributed by atoms with van der Waals surface area (Å²) in [7, 11) is 1.44. The molecule has 0 saturated carbocycles. The van der Waals surface area contributed by atoms with Crippen LogP contribution in [0.4, 0.5) is 0 Å². The molecule has 0 fully saturated rings. The number of hydrogen-bond acceptors (Lipinski definition) is 12. The molecule has 14 nitrogen and oxygen atoms in total. The average Bonchev–Trinajstić information content (AvgIpc) is 4.24. The van der Waals surface area contributed by atoms with E-state index in [0.29, 0.717) is 108 Å². The lowest BCUT2D eigenvalue weighted by atomic mass is 9.79. The molecule has 10 aromatic carbocycles. The van der Waals surface area contributed by atoms with Crippen molar-refractivity contribution in [2.45, 2.75) is 0 Å². The minimum Gasteiger partial charge on any atom is -0.288 e. The van der Waals surface area contributed by atoms with Gasteiger partial charge in [-0.3, -0.25) is 59.2 Å². The van der Waals surface area contributed by atoms with Crippen LogP contribution in [0.25, 0.3) is 117 Å². The van der Waals surface area contributed by atoms with Gasteiger partial charge in [0.05, 0.1) is 23.3 Å². The number of fused-ring (bicyclic) bond motifs is 4. The molecule has 0 spiro atoms. The van der Waals surface area contributed by atoms with Crippen molar-refractivity contribution in [3.63, 3.8) is 0 Å². The molecule has 0 saturated heterocycles. The third kappa shape index (κ3) is 4.85.